The van der Waals surface area contributed by atoms with E-state index in [2.05, 4.69) is 20.5 Å². The fourth-order valence-electron chi connectivity index (χ4n) is 3.34. The van der Waals surface area contributed by atoms with Crippen LogP contribution >= 0.6 is 0 Å². The zero-order chi connectivity index (χ0) is 19.8. The third kappa shape index (κ3) is 5.06. The molecule has 0 radical (unpaired) electrons. The van der Waals surface area contributed by atoms with E-state index in [0.29, 0.717) is 24.6 Å². The SMILES string of the molecule is COc1cccc(CNC(=O)NCc2ccc(N3CCCCC3)nc2)c1OC. The first-order valence-electron chi connectivity index (χ1n) is 9.62. The molecule has 2 aromatic rings. The van der Waals surface area contributed by atoms with Gasteiger partial charge in [-0.3, -0.25) is 0 Å². The topological polar surface area (TPSA) is 75.7 Å². The molecule has 0 spiro atoms. The third-order valence-electron chi connectivity index (χ3n) is 4.87. The molecular formula is C21H28N4O3. The number of para-hydroxylation sites is 1. The Morgan fingerprint density at radius 1 is 1.04 bits per heavy atom. The lowest BCUT2D eigenvalue weighted by molar-refractivity contribution is 0.240. The van der Waals surface area contributed by atoms with Crippen molar-refractivity contribution < 1.29 is 14.3 Å². The summed E-state index contributed by atoms with van der Waals surface area (Å²) in [4.78, 5) is 19.0. The second-order valence-corrected chi connectivity index (χ2v) is 6.76. The molecule has 0 bridgehead atoms. The highest BCUT2D eigenvalue weighted by atomic mass is 16.5. The van der Waals surface area contributed by atoms with Gasteiger partial charge >= 0.3 is 6.03 Å². The quantitative estimate of drug-likeness (QED) is 0.767. The molecule has 2 heterocycles. The zero-order valence-corrected chi connectivity index (χ0v) is 16.5. The first-order chi connectivity index (χ1) is 13.7. The Kier molecular flexibility index (Phi) is 6.94. The van der Waals surface area contributed by atoms with Gasteiger partial charge in [-0.05, 0) is 37.0 Å². The van der Waals surface area contributed by atoms with Gasteiger partial charge < -0.3 is 25.0 Å². The van der Waals surface area contributed by atoms with E-state index in [1.165, 1.54) is 19.3 Å². The Balaban J connectivity index is 1.48. The standard InChI is InChI=1S/C21H28N4O3/c1-27-18-8-6-7-17(20(18)28-2)15-24-21(26)23-14-16-9-10-19(22-13-16)25-11-4-3-5-12-25/h6-10,13H,3-5,11-12,14-15H2,1-2H3,(H2,23,24,26). The van der Waals surface area contributed by atoms with E-state index >= 15 is 0 Å². The molecule has 1 aliphatic rings. The fraction of sp³-hybridized carbons (Fsp3) is 0.429. The molecule has 0 aliphatic carbocycles. The summed E-state index contributed by atoms with van der Waals surface area (Å²) in [6.07, 6.45) is 5.58. The summed E-state index contributed by atoms with van der Waals surface area (Å²) < 4.78 is 10.7. The van der Waals surface area contributed by atoms with E-state index < -0.39 is 0 Å². The predicted molar refractivity (Wildman–Crippen MR) is 109 cm³/mol. The average molecular weight is 384 g/mol. The van der Waals surface area contributed by atoms with Gasteiger partial charge in [-0.15, -0.1) is 0 Å². The van der Waals surface area contributed by atoms with Crippen LogP contribution < -0.4 is 25.0 Å². The van der Waals surface area contributed by atoms with Crippen molar-refractivity contribution in [1.29, 1.82) is 0 Å². The lowest BCUT2D eigenvalue weighted by Crippen LogP contribution is -2.34. The number of methoxy groups -OCH3 is 2. The number of ether oxygens (including phenoxy) is 2. The van der Waals surface area contributed by atoms with Crippen molar-refractivity contribution >= 4 is 11.8 Å². The molecule has 7 heteroatoms. The molecule has 7 nitrogen and oxygen atoms in total. The first kappa shape index (κ1) is 19.8. The molecule has 150 valence electrons. The van der Waals surface area contributed by atoms with Crippen molar-refractivity contribution in [3.63, 3.8) is 0 Å². The van der Waals surface area contributed by atoms with Crippen LogP contribution in [0.1, 0.15) is 30.4 Å². The Morgan fingerprint density at radius 3 is 2.50 bits per heavy atom. The molecule has 1 saturated heterocycles. The highest BCUT2D eigenvalue weighted by Gasteiger charge is 2.12. The number of aromatic nitrogens is 1. The highest BCUT2D eigenvalue weighted by molar-refractivity contribution is 5.74. The van der Waals surface area contributed by atoms with Crippen LogP contribution in [0, 0.1) is 0 Å². The number of piperidine rings is 1. The second-order valence-electron chi connectivity index (χ2n) is 6.76. The molecule has 2 amide bonds. The van der Waals surface area contributed by atoms with E-state index in [1.54, 1.807) is 14.2 Å². The molecule has 0 atom stereocenters. The largest absolute Gasteiger partial charge is 0.493 e. The summed E-state index contributed by atoms with van der Waals surface area (Å²) in [6.45, 7) is 2.91. The van der Waals surface area contributed by atoms with Gasteiger partial charge in [-0.25, -0.2) is 9.78 Å². The molecule has 1 aromatic heterocycles. The van der Waals surface area contributed by atoms with Gasteiger partial charge in [-0.1, -0.05) is 18.2 Å². The maximum Gasteiger partial charge on any atom is 0.315 e. The van der Waals surface area contributed by atoms with Crippen molar-refractivity contribution in [2.75, 3.05) is 32.2 Å². The molecular weight excluding hydrogens is 356 g/mol. The van der Waals surface area contributed by atoms with Crippen LogP contribution in [0.25, 0.3) is 0 Å². The van der Waals surface area contributed by atoms with Crippen LogP contribution in [0.5, 0.6) is 11.5 Å². The molecule has 0 saturated carbocycles. The Labute approximate surface area is 166 Å². The number of carbonyl (C=O) groups excluding carboxylic acids is 1. The average Bonchev–Trinajstić information content (AvgIpc) is 2.76. The third-order valence-corrected chi connectivity index (χ3v) is 4.87. The van der Waals surface area contributed by atoms with Crippen LogP contribution in [-0.2, 0) is 13.1 Å². The number of nitrogens with zero attached hydrogens (tertiary/aromatic N) is 2. The number of pyridine rings is 1. The monoisotopic (exact) mass is 384 g/mol. The smallest absolute Gasteiger partial charge is 0.315 e. The fourth-order valence-corrected chi connectivity index (χ4v) is 3.34. The second kappa shape index (κ2) is 9.82. The van der Waals surface area contributed by atoms with Gasteiger partial charge in [0, 0.05) is 37.9 Å². The number of hydrogen-bond donors (Lipinski definition) is 2. The Bertz CT molecular complexity index is 774. The van der Waals surface area contributed by atoms with E-state index in [0.717, 1.165) is 30.0 Å². The van der Waals surface area contributed by atoms with Gasteiger partial charge in [0.25, 0.3) is 0 Å². The lowest BCUT2D eigenvalue weighted by atomic mass is 10.1. The van der Waals surface area contributed by atoms with Crippen molar-refractivity contribution in [2.24, 2.45) is 0 Å². The highest BCUT2D eigenvalue weighted by Crippen LogP contribution is 2.30. The molecule has 1 aliphatic heterocycles. The van der Waals surface area contributed by atoms with Gasteiger partial charge in [0.15, 0.2) is 11.5 Å². The minimum absolute atomic E-state index is 0.245. The molecule has 28 heavy (non-hydrogen) atoms. The van der Waals surface area contributed by atoms with E-state index in [4.69, 9.17) is 9.47 Å². The van der Waals surface area contributed by atoms with Crippen LogP contribution in [0.15, 0.2) is 36.5 Å². The van der Waals surface area contributed by atoms with E-state index in [-0.39, 0.29) is 6.03 Å². The number of urea groups is 1. The molecule has 1 aromatic carbocycles. The number of nitrogens with one attached hydrogen (secondary N) is 2. The summed E-state index contributed by atoms with van der Waals surface area (Å²) in [6, 6.07) is 9.38. The van der Waals surface area contributed by atoms with Crippen LogP contribution in [-0.4, -0.2) is 38.3 Å². The van der Waals surface area contributed by atoms with Gasteiger partial charge in [0.2, 0.25) is 0 Å². The van der Waals surface area contributed by atoms with Crippen molar-refractivity contribution in [2.45, 2.75) is 32.4 Å². The first-order valence-corrected chi connectivity index (χ1v) is 9.62. The maximum absolute atomic E-state index is 12.1. The van der Waals surface area contributed by atoms with Gasteiger partial charge in [-0.2, -0.15) is 0 Å². The minimum Gasteiger partial charge on any atom is -0.493 e. The summed E-state index contributed by atoms with van der Waals surface area (Å²) in [5.41, 5.74) is 1.82. The maximum atomic E-state index is 12.1. The van der Waals surface area contributed by atoms with Crippen molar-refractivity contribution in [3.05, 3.63) is 47.7 Å². The number of hydrogen-bond acceptors (Lipinski definition) is 5. The zero-order valence-electron chi connectivity index (χ0n) is 16.5. The van der Waals surface area contributed by atoms with E-state index in [9.17, 15) is 4.79 Å². The molecule has 3 rings (SSSR count). The summed E-state index contributed by atoms with van der Waals surface area (Å²) >= 11 is 0. The summed E-state index contributed by atoms with van der Waals surface area (Å²) in [7, 11) is 3.17. The summed E-state index contributed by atoms with van der Waals surface area (Å²) in [5, 5.41) is 5.70. The van der Waals surface area contributed by atoms with Crippen molar-refractivity contribution in [3.8, 4) is 11.5 Å². The Hall–Kier alpha value is -2.96. The van der Waals surface area contributed by atoms with Gasteiger partial charge in [0.1, 0.15) is 5.82 Å². The Morgan fingerprint density at radius 2 is 1.82 bits per heavy atom. The summed E-state index contributed by atoms with van der Waals surface area (Å²) in [5.74, 6) is 2.28. The molecule has 0 unspecified atom stereocenters. The van der Waals surface area contributed by atoms with E-state index in [1.807, 2.05) is 36.5 Å². The number of benzene rings is 1. The normalized spacial score (nSPS) is 13.7. The van der Waals surface area contributed by atoms with Crippen LogP contribution in [0.4, 0.5) is 10.6 Å². The minimum atomic E-state index is -0.245. The molecule has 2 N–H and O–H groups in total. The number of rotatable bonds is 7. The lowest BCUT2D eigenvalue weighted by Gasteiger charge is -2.27. The molecule has 1 fully saturated rings. The number of anilines is 1. The van der Waals surface area contributed by atoms with Crippen molar-refractivity contribution in [1.82, 2.24) is 15.6 Å². The van der Waals surface area contributed by atoms with Crippen LogP contribution in [0.3, 0.4) is 0 Å². The number of carbonyl (C=O) groups is 1. The number of amides is 2. The van der Waals surface area contributed by atoms with Crippen LogP contribution in [0.2, 0.25) is 0 Å². The predicted octanol–water partition coefficient (Wildman–Crippen LogP) is 3.09. The van der Waals surface area contributed by atoms with Gasteiger partial charge in [0.05, 0.1) is 14.2 Å².